The number of rotatable bonds is 4. The maximum Gasteiger partial charge on any atom is 0.185 e. The maximum atomic E-state index is 12.0. The van der Waals surface area contributed by atoms with Crippen LogP contribution in [0, 0.1) is 6.92 Å². The van der Waals surface area contributed by atoms with Crippen LogP contribution in [0.4, 0.5) is 0 Å². The average Bonchev–Trinajstić information content (AvgIpc) is 2.46. The third kappa shape index (κ3) is 3.32. The van der Waals surface area contributed by atoms with E-state index in [1.54, 1.807) is 31.4 Å². The Hall–Kier alpha value is -2.35. The molecule has 0 aliphatic heterocycles. The molecule has 2 aromatic carbocycles. The molecule has 0 radical (unpaired) electrons. The first-order valence-electron chi connectivity index (χ1n) is 6.13. The summed E-state index contributed by atoms with van der Waals surface area (Å²) >= 11 is 0. The molecule has 2 rings (SSSR count). The minimum atomic E-state index is -0.0109. The van der Waals surface area contributed by atoms with Crippen molar-refractivity contribution in [3.63, 3.8) is 0 Å². The van der Waals surface area contributed by atoms with Crippen LogP contribution in [-0.2, 0) is 0 Å². The second-order valence-electron chi connectivity index (χ2n) is 4.31. The predicted octanol–water partition coefficient (Wildman–Crippen LogP) is 3.90. The number of allylic oxidation sites excluding steroid dienone is 1. The van der Waals surface area contributed by atoms with Crippen molar-refractivity contribution in [3.8, 4) is 5.75 Å². The van der Waals surface area contributed by atoms with Crippen LogP contribution in [0.3, 0.4) is 0 Å². The first kappa shape index (κ1) is 13.1. The number of aryl methyl sites for hydroxylation is 1. The highest BCUT2D eigenvalue weighted by Crippen LogP contribution is 2.21. The normalized spacial score (nSPS) is 10.6. The Labute approximate surface area is 113 Å². The standard InChI is InChI=1S/C17H16O2/c1-13-8-9-15(17(12-13)19-2)10-11-16(18)14-6-4-3-5-7-14/h3-12H,1-2H3/b11-10+. The summed E-state index contributed by atoms with van der Waals surface area (Å²) in [4.78, 5) is 12.0. The van der Waals surface area contributed by atoms with Gasteiger partial charge in [0, 0.05) is 11.1 Å². The Bertz CT molecular complexity index is 598. The van der Waals surface area contributed by atoms with Crippen LogP contribution >= 0.6 is 0 Å². The van der Waals surface area contributed by atoms with E-state index in [4.69, 9.17) is 4.74 Å². The topological polar surface area (TPSA) is 26.3 Å². The Morgan fingerprint density at radius 2 is 1.84 bits per heavy atom. The molecule has 0 saturated carbocycles. The molecule has 0 heterocycles. The monoisotopic (exact) mass is 252 g/mol. The van der Waals surface area contributed by atoms with Crippen molar-refractivity contribution in [1.29, 1.82) is 0 Å². The highest BCUT2D eigenvalue weighted by molar-refractivity contribution is 6.06. The Morgan fingerprint density at radius 3 is 2.53 bits per heavy atom. The Kier molecular flexibility index (Phi) is 4.14. The van der Waals surface area contributed by atoms with Crippen molar-refractivity contribution in [3.05, 3.63) is 71.3 Å². The van der Waals surface area contributed by atoms with Gasteiger partial charge in [-0.3, -0.25) is 4.79 Å². The minimum absolute atomic E-state index is 0.0109. The third-order valence-corrected chi connectivity index (χ3v) is 2.86. The SMILES string of the molecule is COc1cc(C)ccc1/C=C/C(=O)c1ccccc1. The van der Waals surface area contributed by atoms with Gasteiger partial charge in [-0.2, -0.15) is 0 Å². The zero-order valence-electron chi connectivity index (χ0n) is 11.1. The molecule has 0 unspecified atom stereocenters. The van der Waals surface area contributed by atoms with Crippen molar-refractivity contribution in [1.82, 2.24) is 0 Å². The van der Waals surface area contributed by atoms with Gasteiger partial charge in [-0.15, -0.1) is 0 Å². The van der Waals surface area contributed by atoms with E-state index in [0.29, 0.717) is 5.56 Å². The van der Waals surface area contributed by atoms with Crippen LogP contribution in [0.1, 0.15) is 21.5 Å². The minimum Gasteiger partial charge on any atom is -0.496 e. The fourth-order valence-corrected chi connectivity index (χ4v) is 1.82. The van der Waals surface area contributed by atoms with E-state index in [-0.39, 0.29) is 5.78 Å². The molecule has 0 bridgehead atoms. The van der Waals surface area contributed by atoms with Crippen molar-refractivity contribution in [2.24, 2.45) is 0 Å². The summed E-state index contributed by atoms with van der Waals surface area (Å²) in [6.07, 6.45) is 3.36. The van der Waals surface area contributed by atoms with Crippen LogP contribution in [0.2, 0.25) is 0 Å². The van der Waals surface area contributed by atoms with Gasteiger partial charge in [-0.25, -0.2) is 0 Å². The van der Waals surface area contributed by atoms with Crippen LogP contribution in [0.15, 0.2) is 54.6 Å². The van der Waals surface area contributed by atoms with Gasteiger partial charge >= 0.3 is 0 Å². The molecule has 0 aromatic heterocycles. The first-order valence-corrected chi connectivity index (χ1v) is 6.13. The van der Waals surface area contributed by atoms with Crippen molar-refractivity contribution in [2.45, 2.75) is 6.92 Å². The summed E-state index contributed by atoms with van der Waals surface area (Å²) in [6.45, 7) is 2.01. The predicted molar refractivity (Wildman–Crippen MR) is 77.5 cm³/mol. The van der Waals surface area contributed by atoms with Crippen LogP contribution in [0.5, 0.6) is 5.75 Å². The zero-order valence-corrected chi connectivity index (χ0v) is 11.1. The molecular weight excluding hydrogens is 236 g/mol. The van der Waals surface area contributed by atoms with E-state index in [0.717, 1.165) is 16.9 Å². The fraction of sp³-hybridized carbons (Fsp3) is 0.118. The molecule has 0 N–H and O–H groups in total. The number of hydrogen-bond donors (Lipinski definition) is 0. The van der Waals surface area contributed by atoms with Gasteiger partial charge in [-0.05, 0) is 30.7 Å². The highest BCUT2D eigenvalue weighted by Gasteiger charge is 2.02. The second kappa shape index (κ2) is 6.01. The first-order chi connectivity index (χ1) is 9.20. The van der Waals surface area contributed by atoms with Crippen molar-refractivity contribution < 1.29 is 9.53 Å². The summed E-state index contributed by atoms with van der Waals surface area (Å²) in [5.74, 6) is 0.764. The smallest absolute Gasteiger partial charge is 0.185 e. The molecule has 2 aromatic rings. The number of carbonyl (C=O) groups excluding carboxylic acids is 1. The Balaban J connectivity index is 2.21. The summed E-state index contributed by atoms with van der Waals surface area (Å²) in [7, 11) is 1.63. The van der Waals surface area contributed by atoms with Gasteiger partial charge < -0.3 is 4.74 Å². The molecule has 0 aliphatic carbocycles. The largest absolute Gasteiger partial charge is 0.496 e. The summed E-state index contributed by atoms with van der Waals surface area (Å²) < 4.78 is 5.30. The molecule has 96 valence electrons. The summed E-state index contributed by atoms with van der Waals surface area (Å²) in [5.41, 5.74) is 2.71. The highest BCUT2D eigenvalue weighted by atomic mass is 16.5. The number of ether oxygens (including phenoxy) is 1. The molecule has 2 nitrogen and oxygen atoms in total. The number of hydrogen-bond acceptors (Lipinski definition) is 2. The van der Waals surface area contributed by atoms with Gasteiger partial charge in [0.25, 0.3) is 0 Å². The number of methoxy groups -OCH3 is 1. The van der Waals surface area contributed by atoms with Gasteiger partial charge in [0.15, 0.2) is 5.78 Å². The summed E-state index contributed by atoms with van der Waals surface area (Å²) in [6, 6.07) is 15.1. The maximum absolute atomic E-state index is 12.0. The lowest BCUT2D eigenvalue weighted by Crippen LogP contribution is -1.93. The number of carbonyl (C=O) groups is 1. The van der Waals surface area contributed by atoms with Gasteiger partial charge in [0.2, 0.25) is 0 Å². The van der Waals surface area contributed by atoms with Gasteiger partial charge in [0.05, 0.1) is 7.11 Å². The molecule has 2 heteroatoms. The molecule has 0 amide bonds. The van der Waals surface area contributed by atoms with Gasteiger partial charge in [0.1, 0.15) is 5.75 Å². The molecule has 0 aliphatic rings. The van der Waals surface area contributed by atoms with E-state index in [1.165, 1.54) is 0 Å². The molecule has 19 heavy (non-hydrogen) atoms. The Morgan fingerprint density at radius 1 is 1.11 bits per heavy atom. The molecular formula is C17H16O2. The van der Waals surface area contributed by atoms with Crippen LogP contribution < -0.4 is 4.74 Å². The average molecular weight is 252 g/mol. The van der Waals surface area contributed by atoms with Crippen LogP contribution in [-0.4, -0.2) is 12.9 Å². The van der Waals surface area contributed by atoms with Crippen molar-refractivity contribution in [2.75, 3.05) is 7.11 Å². The second-order valence-corrected chi connectivity index (χ2v) is 4.31. The molecule has 0 fully saturated rings. The lowest BCUT2D eigenvalue weighted by atomic mass is 10.1. The lowest BCUT2D eigenvalue weighted by molar-refractivity contribution is 0.104. The number of benzene rings is 2. The zero-order chi connectivity index (χ0) is 13.7. The van der Waals surface area contributed by atoms with Gasteiger partial charge in [-0.1, -0.05) is 42.5 Å². The van der Waals surface area contributed by atoms with E-state index in [9.17, 15) is 4.79 Å². The molecule has 0 atom stereocenters. The quantitative estimate of drug-likeness (QED) is 0.609. The number of ketones is 1. The summed E-state index contributed by atoms with van der Waals surface area (Å²) in [5, 5.41) is 0. The fourth-order valence-electron chi connectivity index (χ4n) is 1.82. The van der Waals surface area contributed by atoms with Crippen molar-refractivity contribution >= 4 is 11.9 Å². The van der Waals surface area contributed by atoms with E-state index in [2.05, 4.69) is 0 Å². The van der Waals surface area contributed by atoms with E-state index < -0.39 is 0 Å². The van der Waals surface area contributed by atoms with Crippen LogP contribution in [0.25, 0.3) is 6.08 Å². The van der Waals surface area contributed by atoms with E-state index in [1.807, 2.05) is 43.3 Å². The lowest BCUT2D eigenvalue weighted by Gasteiger charge is -2.05. The third-order valence-electron chi connectivity index (χ3n) is 2.86. The van der Waals surface area contributed by atoms with E-state index >= 15 is 0 Å². The molecule has 0 spiro atoms. The molecule has 0 saturated heterocycles.